The highest BCUT2D eigenvalue weighted by molar-refractivity contribution is 5.79. The Labute approximate surface area is 161 Å². The predicted octanol–water partition coefficient (Wildman–Crippen LogP) is 1.65. The molecule has 0 aliphatic heterocycles. The monoisotopic (exact) mass is 368 g/mol. The van der Waals surface area contributed by atoms with Crippen LogP contribution in [0, 0.1) is 12.3 Å². The van der Waals surface area contributed by atoms with Crippen LogP contribution in [0.5, 0.6) is 5.75 Å². The van der Waals surface area contributed by atoms with Gasteiger partial charge in [-0.05, 0) is 31.0 Å². The second kappa shape index (κ2) is 11.6. The van der Waals surface area contributed by atoms with Crippen molar-refractivity contribution in [1.82, 2.24) is 25.4 Å². The molecule has 0 unspecified atom stereocenters. The molecular formula is C20H28N6O. The highest BCUT2D eigenvalue weighted by Crippen LogP contribution is 2.12. The van der Waals surface area contributed by atoms with Crippen molar-refractivity contribution >= 4 is 5.96 Å². The number of terminal acetylenes is 1. The van der Waals surface area contributed by atoms with E-state index in [9.17, 15) is 0 Å². The number of ether oxygens (including phenoxy) is 1. The molecule has 27 heavy (non-hydrogen) atoms. The Morgan fingerprint density at radius 3 is 2.78 bits per heavy atom. The summed E-state index contributed by atoms with van der Waals surface area (Å²) in [6, 6.07) is 7.95. The molecule has 0 amide bonds. The number of nitrogens with zero attached hydrogens (tertiary/aromatic N) is 4. The van der Waals surface area contributed by atoms with Gasteiger partial charge >= 0.3 is 0 Å². The molecule has 2 aromatic rings. The maximum atomic E-state index is 5.38. The number of guanidine groups is 1. The van der Waals surface area contributed by atoms with Gasteiger partial charge in [-0.1, -0.05) is 25.0 Å². The van der Waals surface area contributed by atoms with E-state index in [1.54, 1.807) is 6.33 Å². The van der Waals surface area contributed by atoms with E-state index in [2.05, 4.69) is 50.2 Å². The summed E-state index contributed by atoms with van der Waals surface area (Å²) in [5.41, 5.74) is 1.21. The third-order valence-corrected chi connectivity index (χ3v) is 3.92. The van der Waals surface area contributed by atoms with E-state index in [-0.39, 0.29) is 6.61 Å². The zero-order chi connectivity index (χ0) is 19.3. The fourth-order valence-electron chi connectivity index (χ4n) is 2.55. The van der Waals surface area contributed by atoms with Gasteiger partial charge in [-0.3, -0.25) is 4.99 Å². The van der Waals surface area contributed by atoms with Gasteiger partial charge in [0.2, 0.25) is 0 Å². The second-order valence-electron chi connectivity index (χ2n) is 5.87. The van der Waals surface area contributed by atoms with Gasteiger partial charge in [0.05, 0.1) is 0 Å². The maximum Gasteiger partial charge on any atom is 0.191 e. The molecule has 2 N–H and O–H groups in total. The van der Waals surface area contributed by atoms with E-state index < -0.39 is 0 Å². The average molecular weight is 368 g/mol. The van der Waals surface area contributed by atoms with Crippen LogP contribution in [0.25, 0.3) is 0 Å². The Balaban J connectivity index is 1.79. The molecule has 0 bridgehead atoms. The molecule has 0 saturated carbocycles. The lowest BCUT2D eigenvalue weighted by molar-refractivity contribution is 0.370. The van der Waals surface area contributed by atoms with Crippen LogP contribution in [0.1, 0.15) is 25.2 Å². The molecule has 1 aromatic carbocycles. The Morgan fingerprint density at radius 2 is 2.07 bits per heavy atom. The van der Waals surface area contributed by atoms with Gasteiger partial charge in [0, 0.05) is 32.6 Å². The summed E-state index contributed by atoms with van der Waals surface area (Å²) in [5, 5.41) is 14.7. The fraction of sp³-hybridized carbons (Fsp3) is 0.450. The van der Waals surface area contributed by atoms with Crippen molar-refractivity contribution in [3.63, 3.8) is 0 Å². The van der Waals surface area contributed by atoms with Gasteiger partial charge in [-0.2, -0.15) is 0 Å². The molecule has 7 nitrogen and oxygen atoms in total. The summed E-state index contributed by atoms with van der Waals surface area (Å²) in [6.07, 6.45) is 8.69. The standard InChI is InChI=1S/C20H28N6O/c1-4-15-27-18-9-7-17(8-10-18)11-12-22-20(21-6-3)23-13-14-26-16-24-25-19(26)5-2/h1,7-10,16H,5-6,11-15H2,2-3H3,(H2,21,22,23). The Bertz CT molecular complexity index is 745. The van der Waals surface area contributed by atoms with Crippen molar-refractivity contribution in [2.24, 2.45) is 4.99 Å². The summed E-state index contributed by atoms with van der Waals surface area (Å²) in [4.78, 5) is 4.64. The summed E-state index contributed by atoms with van der Waals surface area (Å²) < 4.78 is 7.44. The van der Waals surface area contributed by atoms with Crippen molar-refractivity contribution in [3.05, 3.63) is 42.0 Å². The summed E-state index contributed by atoms with van der Waals surface area (Å²) in [6.45, 7) is 7.51. The lowest BCUT2D eigenvalue weighted by Crippen LogP contribution is -2.39. The highest BCUT2D eigenvalue weighted by atomic mass is 16.5. The largest absolute Gasteiger partial charge is 0.481 e. The minimum Gasteiger partial charge on any atom is -0.481 e. The van der Waals surface area contributed by atoms with Crippen LogP contribution < -0.4 is 15.4 Å². The smallest absolute Gasteiger partial charge is 0.191 e. The molecule has 0 aliphatic carbocycles. The molecule has 0 fully saturated rings. The zero-order valence-corrected chi connectivity index (χ0v) is 16.1. The first-order chi connectivity index (χ1) is 13.3. The number of hydrogen-bond acceptors (Lipinski definition) is 4. The van der Waals surface area contributed by atoms with E-state index in [4.69, 9.17) is 11.2 Å². The van der Waals surface area contributed by atoms with E-state index in [1.807, 2.05) is 24.3 Å². The van der Waals surface area contributed by atoms with Crippen molar-refractivity contribution in [1.29, 1.82) is 0 Å². The van der Waals surface area contributed by atoms with Gasteiger partial charge in [-0.15, -0.1) is 16.6 Å². The first kappa shape index (κ1) is 20.3. The SMILES string of the molecule is C#CCOc1ccc(CCN=C(NCC)NCCn2cnnc2CC)cc1. The molecule has 1 heterocycles. The van der Waals surface area contributed by atoms with E-state index in [0.29, 0.717) is 6.54 Å². The van der Waals surface area contributed by atoms with Gasteiger partial charge in [0.25, 0.3) is 0 Å². The number of aliphatic imine (C=N–C) groups is 1. The fourth-order valence-corrected chi connectivity index (χ4v) is 2.55. The van der Waals surface area contributed by atoms with Gasteiger partial charge < -0.3 is 19.9 Å². The summed E-state index contributed by atoms with van der Waals surface area (Å²) in [5.74, 6) is 5.06. The third-order valence-electron chi connectivity index (χ3n) is 3.92. The molecule has 0 aliphatic rings. The van der Waals surface area contributed by atoms with Crippen molar-refractivity contribution in [3.8, 4) is 18.1 Å². The molecule has 7 heteroatoms. The lowest BCUT2D eigenvalue weighted by atomic mass is 10.1. The lowest BCUT2D eigenvalue weighted by Gasteiger charge is -2.12. The predicted molar refractivity (Wildman–Crippen MR) is 108 cm³/mol. The normalized spacial score (nSPS) is 11.1. The van der Waals surface area contributed by atoms with Gasteiger partial charge in [0.15, 0.2) is 5.96 Å². The Kier molecular flexibility index (Phi) is 8.70. The average Bonchev–Trinajstić information content (AvgIpc) is 3.15. The summed E-state index contributed by atoms with van der Waals surface area (Å²) >= 11 is 0. The number of aromatic nitrogens is 3. The van der Waals surface area contributed by atoms with Crippen LogP contribution >= 0.6 is 0 Å². The van der Waals surface area contributed by atoms with Crippen LogP contribution in [-0.2, 0) is 19.4 Å². The molecule has 144 valence electrons. The Hall–Kier alpha value is -3.01. The molecule has 0 spiro atoms. The number of rotatable bonds is 10. The minimum atomic E-state index is 0.288. The van der Waals surface area contributed by atoms with Crippen LogP contribution in [-0.4, -0.2) is 47.0 Å². The maximum absolute atomic E-state index is 5.38. The molecular weight excluding hydrogens is 340 g/mol. The first-order valence-electron chi connectivity index (χ1n) is 9.30. The third kappa shape index (κ3) is 7.02. The number of nitrogens with one attached hydrogen (secondary N) is 2. The van der Waals surface area contributed by atoms with E-state index >= 15 is 0 Å². The second-order valence-corrected chi connectivity index (χ2v) is 5.87. The van der Waals surface area contributed by atoms with Gasteiger partial charge in [-0.25, -0.2) is 0 Å². The highest BCUT2D eigenvalue weighted by Gasteiger charge is 2.02. The summed E-state index contributed by atoms with van der Waals surface area (Å²) in [7, 11) is 0. The molecule has 1 aromatic heterocycles. The van der Waals surface area contributed by atoms with Gasteiger partial charge in [0.1, 0.15) is 24.5 Å². The molecule has 0 atom stereocenters. The van der Waals surface area contributed by atoms with Crippen LogP contribution in [0.4, 0.5) is 0 Å². The van der Waals surface area contributed by atoms with Crippen LogP contribution in [0.3, 0.4) is 0 Å². The topological polar surface area (TPSA) is 76.4 Å². The van der Waals surface area contributed by atoms with Crippen LogP contribution in [0.2, 0.25) is 0 Å². The molecule has 2 rings (SSSR count). The Morgan fingerprint density at radius 1 is 1.26 bits per heavy atom. The minimum absolute atomic E-state index is 0.288. The van der Waals surface area contributed by atoms with Crippen molar-refractivity contribution in [2.45, 2.75) is 33.2 Å². The molecule has 0 saturated heterocycles. The van der Waals surface area contributed by atoms with E-state index in [1.165, 1.54) is 5.56 Å². The van der Waals surface area contributed by atoms with Crippen molar-refractivity contribution in [2.75, 3.05) is 26.2 Å². The quantitative estimate of drug-likeness (QED) is 0.379. The molecule has 0 radical (unpaired) electrons. The number of hydrogen-bond donors (Lipinski definition) is 2. The van der Waals surface area contributed by atoms with Crippen molar-refractivity contribution < 1.29 is 4.74 Å². The van der Waals surface area contributed by atoms with E-state index in [0.717, 1.165) is 50.0 Å². The zero-order valence-electron chi connectivity index (χ0n) is 16.1. The number of benzene rings is 1. The van der Waals surface area contributed by atoms with Crippen LogP contribution in [0.15, 0.2) is 35.6 Å². The number of aryl methyl sites for hydroxylation is 1. The first-order valence-corrected chi connectivity index (χ1v) is 9.30.